The number of H-pyrrole nitrogens is 1. The maximum atomic E-state index is 13.8. The van der Waals surface area contributed by atoms with E-state index in [2.05, 4.69) is 10.3 Å². The number of nitrogens with one attached hydrogen (secondary N) is 2. The van der Waals surface area contributed by atoms with Gasteiger partial charge in [0, 0.05) is 10.8 Å². The monoisotopic (exact) mass is 629 g/mol. The van der Waals surface area contributed by atoms with E-state index in [-0.39, 0.29) is 16.3 Å². The van der Waals surface area contributed by atoms with Crippen molar-refractivity contribution in [1.82, 2.24) is 4.98 Å². The maximum absolute atomic E-state index is 13.8. The van der Waals surface area contributed by atoms with Crippen LogP contribution in [0.5, 0.6) is 5.75 Å². The van der Waals surface area contributed by atoms with Crippen LogP contribution < -0.4 is 19.8 Å². The quantitative estimate of drug-likeness (QED) is 0.218. The molecule has 6 rings (SSSR count). The molecule has 3 aromatic carbocycles. The van der Waals surface area contributed by atoms with Crippen molar-refractivity contribution in [2.45, 2.75) is 22.4 Å². The number of anilines is 2. The summed E-state index contributed by atoms with van der Waals surface area (Å²) in [5.74, 6) is -3.82. The first-order valence-corrected chi connectivity index (χ1v) is 14.4. The number of hydrogen-bond acceptors (Lipinski definition) is 7. The first-order chi connectivity index (χ1) is 20.5. The number of aromatic amines is 1. The molecule has 3 heterocycles. The van der Waals surface area contributed by atoms with E-state index >= 15 is 0 Å². The average molecular weight is 630 g/mol. The van der Waals surface area contributed by atoms with Crippen molar-refractivity contribution in [2.24, 2.45) is 5.92 Å². The van der Waals surface area contributed by atoms with E-state index in [1.807, 2.05) is 0 Å². The predicted octanol–water partition coefficient (Wildman–Crippen LogP) is 5.41. The number of thioether (sulfide) groups is 1. The van der Waals surface area contributed by atoms with Gasteiger partial charge in [-0.3, -0.25) is 19.2 Å². The Hall–Kier alpha value is -4.43. The number of carbonyl (C=O) groups is 3. The first kappa shape index (κ1) is 28.7. The van der Waals surface area contributed by atoms with Crippen LogP contribution in [-0.2, 0) is 20.6 Å². The number of carbonyl (C=O) groups excluding carboxylic acids is 3. The fourth-order valence-electron chi connectivity index (χ4n) is 5.19. The largest absolute Gasteiger partial charge is 0.484 e. The highest BCUT2D eigenvalue weighted by Crippen LogP contribution is 2.53. The number of ether oxygens (including phenoxy) is 1. The highest BCUT2D eigenvalue weighted by molar-refractivity contribution is 8.00. The molecule has 3 amide bonds. The topological polar surface area (TPSA) is 109 Å². The predicted molar refractivity (Wildman–Crippen MR) is 151 cm³/mol. The summed E-state index contributed by atoms with van der Waals surface area (Å²) in [6.07, 6.45) is -4.66. The third-order valence-corrected chi connectivity index (χ3v) is 9.40. The molecule has 8 nitrogen and oxygen atoms in total. The number of amides is 3. The molecule has 2 N–H and O–H groups in total. The van der Waals surface area contributed by atoms with E-state index in [0.717, 1.165) is 52.3 Å². The molecule has 14 heteroatoms. The number of hydrogen-bond donors (Lipinski definition) is 2. The first-order valence-electron chi connectivity index (χ1n) is 12.7. The van der Waals surface area contributed by atoms with Crippen LogP contribution in [-0.4, -0.2) is 34.6 Å². The summed E-state index contributed by atoms with van der Waals surface area (Å²) in [5.41, 5.74) is -0.665. The van der Waals surface area contributed by atoms with Gasteiger partial charge in [0.2, 0.25) is 11.8 Å². The summed E-state index contributed by atoms with van der Waals surface area (Å²) in [5, 5.41) is 1.80. The maximum Gasteiger partial charge on any atom is 0.418 e. The molecule has 2 aliphatic heterocycles. The third-order valence-electron chi connectivity index (χ3n) is 7.00. The molecular weight excluding hydrogens is 610 g/mol. The van der Waals surface area contributed by atoms with E-state index in [0.29, 0.717) is 15.5 Å². The second-order valence-electron chi connectivity index (χ2n) is 9.69. The number of para-hydroxylation sites is 1. The average Bonchev–Trinajstić information content (AvgIpc) is 3.46. The van der Waals surface area contributed by atoms with Crippen molar-refractivity contribution < 1.29 is 36.7 Å². The lowest BCUT2D eigenvalue weighted by atomic mass is 9.83. The van der Waals surface area contributed by atoms with Gasteiger partial charge in [0.15, 0.2) is 6.61 Å². The minimum absolute atomic E-state index is 0.183. The number of rotatable bonds is 6. The van der Waals surface area contributed by atoms with Crippen molar-refractivity contribution in [3.8, 4) is 5.75 Å². The Balaban J connectivity index is 1.27. The van der Waals surface area contributed by atoms with Crippen LogP contribution in [0.1, 0.15) is 21.9 Å². The summed E-state index contributed by atoms with van der Waals surface area (Å²) in [7, 11) is 0. The van der Waals surface area contributed by atoms with E-state index in [1.54, 1.807) is 18.2 Å². The second-order valence-corrected chi connectivity index (χ2v) is 11.9. The lowest BCUT2D eigenvalue weighted by molar-refractivity contribution is -0.137. The highest BCUT2D eigenvalue weighted by atomic mass is 32.2. The number of nitrogens with zero attached hydrogens (tertiary/aromatic N) is 1. The molecule has 0 radical (unpaired) electrons. The Labute approximate surface area is 248 Å². The molecule has 2 aliphatic rings. The summed E-state index contributed by atoms with van der Waals surface area (Å²) >= 11 is 2.00. The molecule has 0 spiro atoms. The van der Waals surface area contributed by atoms with E-state index in [1.165, 1.54) is 30.3 Å². The Morgan fingerprint density at radius 3 is 2.47 bits per heavy atom. The molecule has 2 unspecified atom stereocenters. The molecule has 0 saturated carbocycles. The number of halogens is 4. The smallest absolute Gasteiger partial charge is 0.418 e. The lowest BCUT2D eigenvalue weighted by Crippen LogP contribution is -2.32. The molecule has 1 fully saturated rings. The number of aromatic nitrogens is 1. The molecular formula is C29H19F4N3O5S2. The fourth-order valence-corrected chi connectivity index (χ4v) is 7.71. The number of benzene rings is 3. The molecule has 3 atom stereocenters. The van der Waals surface area contributed by atoms with Crippen molar-refractivity contribution in [3.63, 3.8) is 0 Å². The van der Waals surface area contributed by atoms with Crippen LogP contribution in [0.2, 0.25) is 0 Å². The lowest BCUT2D eigenvalue weighted by Gasteiger charge is -2.30. The van der Waals surface area contributed by atoms with E-state index in [9.17, 15) is 36.7 Å². The zero-order valence-electron chi connectivity index (χ0n) is 21.7. The van der Waals surface area contributed by atoms with Crippen molar-refractivity contribution in [1.29, 1.82) is 0 Å². The summed E-state index contributed by atoms with van der Waals surface area (Å²) in [6, 6.07) is 15.9. The van der Waals surface area contributed by atoms with Crippen LogP contribution in [0.25, 0.3) is 0 Å². The molecule has 1 aromatic heterocycles. The highest BCUT2D eigenvalue weighted by Gasteiger charge is 2.56. The normalized spacial score (nSPS) is 19.6. The van der Waals surface area contributed by atoms with Crippen LogP contribution in [0, 0.1) is 11.7 Å². The van der Waals surface area contributed by atoms with Gasteiger partial charge in [-0.15, -0.1) is 0 Å². The van der Waals surface area contributed by atoms with Gasteiger partial charge in [-0.1, -0.05) is 47.4 Å². The van der Waals surface area contributed by atoms with Gasteiger partial charge in [-0.25, -0.2) is 9.29 Å². The molecule has 0 bridgehead atoms. The number of thiazole rings is 1. The van der Waals surface area contributed by atoms with E-state index < -0.39 is 64.7 Å². The Bertz CT molecular complexity index is 1800. The van der Waals surface area contributed by atoms with Crippen molar-refractivity contribution in [2.75, 3.05) is 16.8 Å². The van der Waals surface area contributed by atoms with Gasteiger partial charge in [0.1, 0.15) is 16.8 Å². The Morgan fingerprint density at radius 1 is 0.977 bits per heavy atom. The fraction of sp³-hybridized carbons (Fsp3) is 0.172. The molecule has 4 aromatic rings. The van der Waals surface area contributed by atoms with Crippen LogP contribution in [0.3, 0.4) is 0 Å². The molecule has 220 valence electrons. The standard InChI is InChI=1S/C29H19F4N3O5S2/c30-15-8-10-16(11-9-15)36-26(38)22-21(23-25(35-28(40)43-23)42-24(22)27(36)39)14-4-3-5-17(12-14)41-13-20(37)34-19-7-2-1-6-18(19)29(31,32)33/h1-12,21-22,24H,13H2,(H,34,37)(H,35,40)/t21-,22?,24?/m1/s1. The Kier molecular flexibility index (Phi) is 7.34. The van der Waals surface area contributed by atoms with Gasteiger partial charge in [-0.05, 0) is 54.1 Å². The summed E-state index contributed by atoms with van der Waals surface area (Å²) < 4.78 is 59.0. The Morgan fingerprint density at radius 2 is 1.72 bits per heavy atom. The second kappa shape index (κ2) is 11.0. The van der Waals surface area contributed by atoms with E-state index in [4.69, 9.17) is 4.74 Å². The number of fused-ring (bicyclic) bond motifs is 2. The third kappa shape index (κ3) is 5.43. The zero-order chi connectivity index (χ0) is 30.5. The minimum atomic E-state index is -4.66. The molecule has 0 aliphatic carbocycles. The number of alkyl halides is 3. The summed E-state index contributed by atoms with van der Waals surface area (Å²) in [4.78, 5) is 56.0. The molecule has 43 heavy (non-hydrogen) atoms. The van der Waals surface area contributed by atoms with Gasteiger partial charge in [-0.2, -0.15) is 13.2 Å². The number of imide groups is 1. The van der Waals surface area contributed by atoms with Gasteiger partial charge >= 0.3 is 11.0 Å². The zero-order valence-corrected chi connectivity index (χ0v) is 23.3. The summed E-state index contributed by atoms with van der Waals surface area (Å²) in [6.45, 7) is -0.610. The van der Waals surface area contributed by atoms with Crippen molar-refractivity contribution in [3.05, 3.63) is 104 Å². The van der Waals surface area contributed by atoms with Gasteiger partial charge < -0.3 is 15.0 Å². The van der Waals surface area contributed by atoms with Crippen LogP contribution >= 0.6 is 23.1 Å². The van der Waals surface area contributed by atoms with Gasteiger partial charge in [0.25, 0.3) is 5.91 Å². The minimum Gasteiger partial charge on any atom is -0.484 e. The van der Waals surface area contributed by atoms with Crippen LogP contribution in [0.15, 0.2) is 82.6 Å². The van der Waals surface area contributed by atoms with Crippen molar-refractivity contribution >= 4 is 52.2 Å². The van der Waals surface area contributed by atoms with Gasteiger partial charge in [0.05, 0.1) is 27.9 Å². The SMILES string of the molecule is O=C(COc1cccc([C@H]2c3sc(=O)[nH]c3SC3C(=O)N(c4ccc(F)cc4)C(=O)C32)c1)Nc1ccccc1C(F)(F)F. The van der Waals surface area contributed by atoms with Crippen LogP contribution in [0.4, 0.5) is 28.9 Å². The molecule has 1 saturated heterocycles.